The molecule has 0 atom stereocenters. The van der Waals surface area contributed by atoms with Crippen molar-refractivity contribution in [3.8, 4) is 17.1 Å². The smallest absolute Gasteiger partial charge is 0.311 e. The van der Waals surface area contributed by atoms with Gasteiger partial charge in [-0.25, -0.2) is 0 Å². The van der Waals surface area contributed by atoms with Crippen LogP contribution < -0.4 is 4.74 Å². The standard InChI is InChI=1S/C11H12N4O3S/c1-3-14-10(12-13-11(14)19)7-5-4-6-8(15(16)17)9(7)18-2/h4-6H,3H2,1-2H3,(H,13,19). The quantitative estimate of drug-likeness (QED) is 0.528. The molecule has 1 N–H and O–H groups in total. The van der Waals surface area contributed by atoms with E-state index in [0.717, 1.165) is 0 Å². The number of hydrogen-bond donors (Lipinski definition) is 1. The van der Waals surface area contributed by atoms with Gasteiger partial charge in [0.1, 0.15) is 0 Å². The van der Waals surface area contributed by atoms with Crippen LogP contribution >= 0.6 is 12.2 Å². The molecule has 0 aliphatic rings. The number of para-hydroxylation sites is 1. The summed E-state index contributed by atoms with van der Waals surface area (Å²) in [6.07, 6.45) is 0. The monoisotopic (exact) mass is 280 g/mol. The van der Waals surface area contributed by atoms with Gasteiger partial charge in [0.05, 0.1) is 17.6 Å². The molecule has 2 rings (SSSR count). The lowest BCUT2D eigenvalue weighted by Crippen LogP contribution is -2.01. The summed E-state index contributed by atoms with van der Waals surface area (Å²) in [6, 6.07) is 4.69. The van der Waals surface area contributed by atoms with E-state index in [1.807, 2.05) is 6.92 Å². The summed E-state index contributed by atoms with van der Waals surface area (Å²) in [6.45, 7) is 2.52. The van der Waals surface area contributed by atoms with Crippen LogP contribution in [0.1, 0.15) is 6.92 Å². The average molecular weight is 280 g/mol. The molecule has 100 valence electrons. The Balaban J connectivity index is 2.72. The van der Waals surface area contributed by atoms with E-state index >= 15 is 0 Å². The third kappa shape index (κ3) is 2.22. The van der Waals surface area contributed by atoms with E-state index in [9.17, 15) is 10.1 Å². The summed E-state index contributed by atoms with van der Waals surface area (Å²) in [5.74, 6) is 0.698. The fraction of sp³-hybridized carbons (Fsp3) is 0.273. The number of ether oxygens (including phenoxy) is 1. The van der Waals surface area contributed by atoms with E-state index in [1.165, 1.54) is 13.2 Å². The highest BCUT2D eigenvalue weighted by Crippen LogP contribution is 2.36. The van der Waals surface area contributed by atoms with Crippen molar-refractivity contribution in [3.63, 3.8) is 0 Å². The highest BCUT2D eigenvalue weighted by molar-refractivity contribution is 7.71. The Morgan fingerprint density at radius 2 is 2.32 bits per heavy atom. The Morgan fingerprint density at radius 3 is 2.89 bits per heavy atom. The van der Waals surface area contributed by atoms with Crippen LogP contribution in [0.15, 0.2) is 18.2 Å². The van der Waals surface area contributed by atoms with Crippen LogP contribution in [0.5, 0.6) is 5.75 Å². The summed E-state index contributed by atoms with van der Waals surface area (Å²) in [7, 11) is 1.39. The zero-order valence-electron chi connectivity index (χ0n) is 10.4. The van der Waals surface area contributed by atoms with Crippen LogP contribution in [0.25, 0.3) is 11.4 Å². The van der Waals surface area contributed by atoms with Crippen molar-refractivity contribution < 1.29 is 9.66 Å². The van der Waals surface area contributed by atoms with Crippen molar-refractivity contribution >= 4 is 17.9 Å². The number of nitrogens with zero attached hydrogens (tertiary/aromatic N) is 3. The SMILES string of the molecule is CCn1c(-c2cccc([N+](=O)[O-])c2OC)n[nH]c1=S. The van der Waals surface area contributed by atoms with E-state index in [4.69, 9.17) is 17.0 Å². The minimum Gasteiger partial charge on any atom is -0.490 e. The highest BCUT2D eigenvalue weighted by atomic mass is 32.1. The van der Waals surface area contributed by atoms with Gasteiger partial charge in [-0.05, 0) is 25.2 Å². The first-order valence-corrected chi connectivity index (χ1v) is 5.98. The Hall–Kier alpha value is -2.22. The lowest BCUT2D eigenvalue weighted by Gasteiger charge is -2.08. The first-order valence-electron chi connectivity index (χ1n) is 5.57. The Morgan fingerprint density at radius 1 is 1.58 bits per heavy atom. The number of nitro groups is 1. The molecule has 0 bridgehead atoms. The molecule has 1 heterocycles. The molecule has 0 amide bonds. The number of rotatable bonds is 4. The molecular weight excluding hydrogens is 268 g/mol. The zero-order chi connectivity index (χ0) is 14.0. The molecule has 1 aromatic heterocycles. The molecule has 0 fully saturated rings. The number of aromatic nitrogens is 3. The Kier molecular flexibility index (Phi) is 3.61. The van der Waals surface area contributed by atoms with Crippen LogP contribution in [0.4, 0.5) is 5.69 Å². The minimum absolute atomic E-state index is 0.100. The summed E-state index contributed by atoms with van der Waals surface area (Å²) in [5.41, 5.74) is 0.433. The van der Waals surface area contributed by atoms with E-state index < -0.39 is 4.92 Å². The fourth-order valence-electron chi connectivity index (χ4n) is 1.88. The molecule has 0 unspecified atom stereocenters. The van der Waals surface area contributed by atoms with E-state index in [1.54, 1.807) is 16.7 Å². The number of aromatic amines is 1. The van der Waals surface area contributed by atoms with Crippen LogP contribution in [0, 0.1) is 14.9 Å². The van der Waals surface area contributed by atoms with Gasteiger partial charge in [-0.1, -0.05) is 6.07 Å². The van der Waals surface area contributed by atoms with Gasteiger partial charge < -0.3 is 9.30 Å². The van der Waals surface area contributed by atoms with Crippen LogP contribution in [0.2, 0.25) is 0 Å². The van der Waals surface area contributed by atoms with Gasteiger partial charge >= 0.3 is 5.69 Å². The molecule has 0 spiro atoms. The maximum absolute atomic E-state index is 11.0. The first-order chi connectivity index (χ1) is 9.10. The van der Waals surface area contributed by atoms with Gasteiger partial charge in [-0.3, -0.25) is 15.2 Å². The van der Waals surface area contributed by atoms with Crippen molar-refractivity contribution in [2.45, 2.75) is 13.5 Å². The Labute approximate surface area is 114 Å². The number of nitro benzene ring substituents is 1. The van der Waals surface area contributed by atoms with Crippen LogP contribution in [0.3, 0.4) is 0 Å². The second kappa shape index (κ2) is 5.19. The summed E-state index contributed by atoms with van der Waals surface area (Å²) >= 11 is 5.11. The van der Waals surface area contributed by atoms with Gasteiger partial charge in [0, 0.05) is 12.6 Å². The van der Waals surface area contributed by atoms with Crippen molar-refractivity contribution in [2.24, 2.45) is 0 Å². The maximum atomic E-state index is 11.0. The lowest BCUT2D eigenvalue weighted by atomic mass is 10.1. The van der Waals surface area contributed by atoms with Gasteiger partial charge in [-0.15, -0.1) is 0 Å². The van der Waals surface area contributed by atoms with Crippen LogP contribution in [-0.4, -0.2) is 26.8 Å². The predicted molar refractivity (Wildman–Crippen MR) is 71.7 cm³/mol. The van der Waals surface area contributed by atoms with Gasteiger partial charge in [0.2, 0.25) is 5.75 Å². The number of benzene rings is 1. The fourth-order valence-corrected chi connectivity index (χ4v) is 2.14. The van der Waals surface area contributed by atoms with Crippen molar-refractivity contribution in [1.82, 2.24) is 14.8 Å². The number of hydrogen-bond acceptors (Lipinski definition) is 5. The van der Waals surface area contributed by atoms with E-state index in [0.29, 0.717) is 22.7 Å². The molecule has 19 heavy (non-hydrogen) atoms. The van der Waals surface area contributed by atoms with Crippen molar-refractivity contribution in [1.29, 1.82) is 0 Å². The van der Waals surface area contributed by atoms with Crippen molar-refractivity contribution in [2.75, 3.05) is 7.11 Å². The van der Waals surface area contributed by atoms with Crippen LogP contribution in [-0.2, 0) is 6.54 Å². The molecule has 0 saturated heterocycles. The second-order valence-corrected chi connectivity index (χ2v) is 4.10. The molecule has 7 nitrogen and oxygen atoms in total. The topological polar surface area (TPSA) is 86.0 Å². The third-order valence-electron chi connectivity index (χ3n) is 2.71. The van der Waals surface area contributed by atoms with Gasteiger partial charge in [0.25, 0.3) is 0 Å². The molecule has 2 aromatic rings. The predicted octanol–water partition coefficient (Wildman–Crippen LogP) is 2.54. The molecular formula is C11H12N4O3S. The molecule has 8 heteroatoms. The average Bonchev–Trinajstić information content (AvgIpc) is 2.78. The molecule has 0 saturated carbocycles. The number of H-pyrrole nitrogens is 1. The number of methoxy groups -OCH3 is 1. The molecule has 1 aromatic carbocycles. The normalized spacial score (nSPS) is 10.4. The third-order valence-corrected chi connectivity index (χ3v) is 3.02. The van der Waals surface area contributed by atoms with Crippen molar-refractivity contribution in [3.05, 3.63) is 33.1 Å². The largest absolute Gasteiger partial charge is 0.490 e. The molecule has 0 aliphatic heterocycles. The zero-order valence-corrected chi connectivity index (χ0v) is 11.2. The number of nitrogens with one attached hydrogen (secondary N) is 1. The van der Waals surface area contributed by atoms with Gasteiger partial charge in [0.15, 0.2) is 10.6 Å². The van der Waals surface area contributed by atoms with E-state index in [2.05, 4.69) is 10.2 Å². The summed E-state index contributed by atoms with van der Waals surface area (Å²) in [4.78, 5) is 10.5. The summed E-state index contributed by atoms with van der Waals surface area (Å²) < 4.78 is 7.37. The maximum Gasteiger partial charge on any atom is 0.311 e. The highest BCUT2D eigenvalue weighted by Gasteiger charge is 2.22. The van der Waals surface area contributed by atoms with Gasteiger partial charge in [-0.2, -0.15) is 5.10 Å². The molecule has 0 radical (unpaired) electrons. The second-order valence-electron chi connectivity index (χ2n) is 3.71. The molecule has 0 aliphatic carbocycles. The summed E-state index contributed by atoms with van der Waals surface area (Å²) in [5, 5.41) is 17.8. The van der Waals surface area contributed by atoms with E-state index in [-0.39, 0.29) is 11.4 Å². The Bertz CT molecular complexity index is 677. The minimum atomic E-state index is -0.486. The lowest BCUT2D eigenvalue weighted by molar-refractivity contribution is -0.385. The first kappa shape index (κ1) is 13.2.